The van der Waals surface area contributed by atoms with Crippen molar-refractivity contribution in [1.29, 1.82) is 0 Å². The summed E-state index contributed by atoms with van der Waals surface area (Å²) in [7, 11) is 0. The van der Waals surface area contributed by atoms with Gasteiger partial charge in [0.05, 0.1) is 9.36 Å². The van der Waals surface area contributed by atoms with Crippen LogP contribution < -0.4 is 5.32 Å². The van der Waals surface area contributed by atoms with Crippen LogP contribution in [0.1, 0.15) is 4.88 Å². The van der Waals surface area contributed by atoms with Gasteiger partial charge < -0.3 is 5.32 Å². The Bertz CT molecular complexity index is 499. The molecule has 18 heavy (non-hydrogen) atoms. The topological polar surface area (TPSA) is 12.0 Å². The predicted molar refractivity (Wildman–Crippen MR) is 83.2 cm³/mol. The van der Waals surface area contributed by atoms with Crippen LogP contribution in [0.3, 0.4) is 0 Å². The molecule has 0 bridgehead atoms. The van der Waals surface area contributed by atoms with Gasteiger partial charge in [-0.3, -0.25) is 0 Å². The number of halogens is 2. The minimum absolute atomic E-state index is 0.826. The largest absolute Gasteiger partial charge is 0.311 e. The van der Waals surface area contributed by atoms with Crippen LogP contribution in [0.2, 0.25) is 9.36 Å². The SMILES string of the molecule is Clc1ccc(CNCCSc2ccccc2Cl)s1. The predicted octanol–water partition coefficient (Wildman–Crippen LogP) is 4.94. The molecule has 1 heterocycles. The van der Waals surface area contributed by atoms with Crippen LogP contribution in [0.25, 0.3) is 0 Å². The first-order valence-electron chi connectivity index (χ1n) is 5.58. The lowest BCUT2D eigenvalue weighted by atomic mass is 10.4. The normalized spacial score (nSPS) is 10.8. The Kier molecular flexibility index (Phi) is 5.86. The second-order valence-electron chi connectivity index (χ2n) is 3.66. The van der Waals surface area contributed by atoms with E-state index in [1.807, 2.05) is 30.3 Å². The molecule has 0 amide bonds. The molecule has 0 radical (unpaired) electrons. The fourth-order valence-electron chi connectivity index (χ4n) is 1.45. The molecule has 0 saturated carbocycles. The van der Waals surface area contributed by atoms with Crippen LogP contribution in [0, 0.1) is 0 Å². The average molecular weight is 318 g/mol. The maximum absolute atomic E-state index is 6.08. The molecule has 1 aromatic heterocycles. The molecule has 0 aliphatic heterocycles. The standard InChI is InChI=1S/C13H13Cl2NS2/c14-11-3-1-2-4-12(11)17-8-7-16-9-10-5-6-13(15)18-10/h1-6,16H,7-9H2. The van der Waals surface area contributed by atoms with Crippen LogP contribution >= 0.6 is 46.3 Å². The van der Waals surface area contributed by atoms with Crippen LogP contribution in [0.15, 0.2) is 41.3 Å². The molecule has 0 aliphatic rings. The Labute approximate surface area is 126 Å². The number of thioether (sulfide) groups is 1. The van der Waals surface area contributed by atoms with Crippen molar-refractivity contribution in [3.63, 3.8) is 0 Å². The van der Waals surface area contributed by atoms with Crippen molar-refractivity contribution in [3.8, 4) is 0 Å². The molecule has 2 aromatic rings. The van der Waals surface area contributed by atoms with Crippen LogP contribution in [0.4, 0.5) is 0 Å². The second-order valence-corrected chi connectivity index (χ2v) is 7.01. The lowest BCUT2D eigenvalue weighted by molar-refractivity contribution is 0.741. The summed E-state index contributed by atoms with van der Waals surface area (Å²) in [6.07, 6.45) is 0. The molecular weight excluding hydrogens is 305 g/mol. The molecule has 1 aromatic carbocycles. The Hall–Kier alpha value is -0.190. The van der Waals surface area contributed by atoms with Crippen molar-refractivity contribution < 1.29 is 0 Å². The lowest BCUT2D eigenvalue weighted by Gasteiger charge is -2.04. The molecule has 0 spiro atoms. The van der Waals surface area contributed by atoms with Gasteiger partial charge in [-0.05, 0) is 24.3 Å². The highest BCUT2D eigenvalue weighted by Gasteiger charge is 2.00. The third kappa shape index (κ3) is 4.48. The van der Waals surface area contributed by atoms with E-state index in [0.29, 0.717) is 0 Å². The summed E-state index contributed by atoms with van der Waals surface area (Å²) in [5.74, 6) is 1.00. The summed E-state index contributed by atoms with van der Waals surface area (Å²) in [5, 5.41) is 4.22. The maximum Gasteiger partial charge on any atom is 0.0931 e. The van der Waals surface area contributed by atoms with Gasteiger partial charge in [0, 0.05) is 28.6 Å². The van der Waals surface area contributed by atoms with E-state index in [0.717, 1.165) is 33.1 Å². The molecule has 1 N–H and O–H groups in total. The van der Waals surface area contributed by atoms with Gasteiger partial charge >= 0.3 is 0 Å². The van der Waals surface area contributed by atoms with E-state index in [2.05, 4.69) is 11.4 Å². The molecule has 1 nitrogen and oxygen atoms in total. The summed E-state index contributed by atoms with van der Waals surface area (Å²) in [6.45, 7) is 1.83. The first-order chi connectivity index (χ1) is 8.75. The van der Waals surface area contributed by atoms with Crippen LogP contribution in [-0.2, 0) is 6.54 Å². The minimum Gasteiger partial charge on any atom is -0.311 e. The highest BCUT2D eigenvalue weighted by Crippen LogP contribution is 2.26. The van der Waals surface area contributed by atoms with Crippen molar-refractivity contribution in [1.82, 2.24) is 5.32 Å². The third-order valence-electron chi connectivity index (χ3n) is 2.30. The molecular formula is C13H13Cl2NS2. The molecule has 0 unspecified atom stereocenters. The van der Waals surface area contributed by atoms with Gasteiger partial charge in [-0.15, -0.1) is 23.1 Å². The zero-order valence-electron chi connectivity index (χ0n) is 9.66. The Morgan fingerprint density at radius 2 is 1.94 bits per heavy atom. The van der Waals surface area contributed by atoms with Gasteiger partial charge in [-0.2, -0.15) is 0 Å². The van der Waals surface area contributed by atoms with Gasteiger partial charge in [-0.1, -0.05) is 35.3 Å². The molecule has 2 rings (SSSR count). The molecule has 96 valence electrons. The van der Waals surface area contributed by atoms with Gasteiger partial charge in [-0.25, -0.2) is 0 Å². The number of rotatable bonds is 6. The fraction of sp³-hybridized carbons (Fsp3) is 0.231. The Morgan fingerprint density at radius 1 is 1.11 bits per heavy atom. The third-order valence-corrected chi connectivity index (χ3v) is 5.05. The highest BCUT2D eigenvalue weighted by atomic mass is 35.5. The van der Waals surface area contributed by atoms with Crippen molar-refractivity contribution in [2.45, 2.75) is 11.4 Å². The van der Waals surface area contributed by atoms with Crippen molar-refractivity contribution in [2.24, 2.45) is 0 Å². The Balaban J connectivity index is 1.66. The minimum atomic E-state index is 0.826. The van der Waals surface area contributed by atoms with E-state index >= 15 is 0 Å². The van der Waals surface area contributed by atoms with E-state index in [1.165, 1.54) is 4.88 Å². The molecule has 0 atom stereocenters. The summed E-state index contributed by atoms with van der Waals surface area (Å²) in [5.41, 5.74) is 0. The maximum atomic E-state index is 6.08. The summed E-state index contributed by atoms with van der Waals surface area (Å²) < 4.78 is 0.845. The van der Waals surface area contributed by atoms with E-state index in [9.17, 15) is 0 Å². The molecule has 5 heteroatoms. The molecule has 0 saturated heterocycles. The summed E-state index contributed by atoms with van der Waals surface area (Å²) in [6, 6.07) is 11.9. The van der Waals surface area contributed by atoms with E-state index in [1.54, 1.807) is 23.1 Å². The quantitative estimate of drug-likeness (QED) is 0.598. The number of benzene rings is 1. The summed E-state index contributed by atoms with van der Waals surface area (Å²) in [4.78, 5) is 2.41. The molecule has 0 fully saturated rings. The number of nitrogens with one attached hydrogen (secondary N) is 1. The van der Waals surface area contributed by atoms with Gasteiger partial charge in [0.25, 0.3) is 0 Å². The van der Waals surface area contributed by atoms with E-state index in [-0.39, 0.29) is 0 Å². The highest BCUT2D eigenvalue weighted by molar-refractivity contribution is 7.99. The fourth-order valence-corrected chi connectivity index (χ4v) is 3.66. The lowest BCUT2D eigenvalue weighted by Crippen LogP contribution is -2.15. The zero-order chi connectivity index (χ0) is 12.8. The van der Waals surface area contributed by atoms with Crippen LogP contribution in [-0.4, -0.2) is 12.3 Å². The summed E-state index contributed by atoms with van der Waals surface area (Å²) >= 11 is 15.3. The van der Waals surface area contributed by atoms with E-state index < -0.39 is 0 Å². The zero-order valence-corrected chi connectivity index (χ0v) is 12.8. The first kappa shape index (κ1) is 14.2. The number of thiophene rings is 1. The van der Waals surface area contributed by atoms with Gasteiger partial charge in [0.1, 0.15) is 0 Å². The average Bonchev–Trinajstić information content (AvgIpc) is 2.77. The number of hydrogen-bond donors (Lipinski definition) is 1. The first-order valence-corrected chi connectivity index (χ1v) is 8.14. The van der Waals surface area contributed by atoms with Gasteiger partial charge in [0.2, 0.25) is 0 Å². The second kappa shape index (κ2) is 7.41. The number of hydrogen-bond acceptors (Lipinski definition) is 3. The van der Waals surface area contributed by atoms with E-state index in [4.69, 9.17) is 23.2 Å². The monoisotopic (exact) mass is 317 g/mol. The Morgan fingerprint density at radius 3 is 2.67 bits per heavy atom. The van der Waals surface area contributed by atoms with Crippen LogP contribution in [0.5, 0.6) is 0 Å². The van der Waals surface area contributed by atoms with Crippen molar-refractivity contribution >= 4 is 46.3 Å². The smallest absolute Gasteiger partial charge is 0.0931 e. The van der Waals surface area contributed by atoms with Gasteiger partial charge in [0.15, 0.2) is 0 Å². The van der Waals surface area contributed by atoms with Crippen molar-refractivity contribution in [2.75, 3.05) is 12.3 Å². The molecule has 0 aliphatic carbocycles. The van der Waals surface area contributed by atoms with Crippen molar-refractivity contribution in [3.05, 3.63) is 50.6 Å².